The lowest BCUT2D eigenvalue weighted by molar-refractivity contribution is -0.131. The number of halogens is 1. The molecule has 1 aromatic carbocycles. The number of carbonyl (C=O) groups is 2. The number of nitrogens with zero attached hydrogens (tertiary/aromatic N) is 3. The molecule has 1 unspecified atom stereocenters. The van der Waals surface area contributed by atoms with E-state index in [2.05, 4.69) is 4.98 Å². The molecule has 0 saturated heterocycles. The number of anilines is 1. The third-order valence-corrected chi connectivity index (χ3v) is 8.11. The summed E-state index contributed by atoms with van der Waals surface area (Å²) in [6.45, 7) is 0.714. The van der Waals surface area contributed by atoms with Crippen LogP contribution in [-0.4, -0.2) is 73.5 Å². The zero-order valence-corrected chi connectivity index (χ0v) is 19.7. The number of nitrogens with one attached hydrogen (secondary N) is 1. The molecule has 2 aromatic rings. The third kappa shape index (κ3) is 4.69. The molecule has 0 aliphatic carbocycles. The van der Waals surface area contributed by atoms with Gasteiger partial charge in [0, 0.05) is 49.8 Å². The van der Waals surface area contributed by atoms with Crippen LogP contribution in [0.4, 0.5) is 10.2 Å². The Kier molecular flexibility index (Phi) is 6.75. The van der Waals surface area contributed by atoms with Crippen molar-refractivity contribution in [3.05, 3.63) is 47.7 Å². The van der Waals surface area contributed by atoms with Crippen LogP contribution < -0.4 is 10.4 Å². The molecule has 11 heteroatoms. The van der Waals surface area contributed by atoms with Gasteiger partial charge in [-0.3, -0.25) is 14.8 Å². The number of pyridine rings is 1. The average Bonchev–Trinajstić information content (AvgIpc) is 2.78. The molecular formula is C22H27FN4O5S. The van der Waals surface area contributed by atoms with E-state index in [0.717, 1.165) is 30.1 Å². The molecule has 0 fully saturated rings. The SMILES string of the molecule is CN(C)c1ccc(-c2ccc3c(c2)C(F)CN(CC[C@](C)(C(=O)NO)S(C)(=O)=O)C3=O)cn1. The second kappa shape index (κ2) is 9.06. The van der Waals surface area contributed by atoms with Gasteiger partial charge < -0.3 is 9.80 Å². The van der Waals surface area contributed by atoms with Gasteiger partial charge >= 0.3 is 0 Å². The first-order chi connectivity index (χ1) is 15.4. The predicted octanol–water partition coefficient (Wildman–Crippen LogP) is 1.98. The largest absolute Gasteiger partial charge is 0.363 e. The Hall–Kier alpha value is -3.05. The van der Waals surface area contributed by atoms with Crippen molar-refractivity contribution in [2.24, 2.45) is 0 Å². The summed E-state index contributed by atoms with van der Waals surface area (Å²) in [5.41, 5.74) is 3.30. The Bertz CT molecular complexity index is 1170. The van der Waals surface area contributed by atoms with Crippen molar-refractivity contribution in [3.8, 4) is 11.1 Å². The molecule has 1 aromatic heterocycles. The van der Waals surface area contributed by atoms with Crippen LogP contribution in [0.15, 0.2) is 36.5 Å². The van der Waals surface area contributed by atoms with Crippen LogP contribution in [0.5, 0.6) is 0 Å². The van der Waals surface area contributed by atoms with E-state index in [4.69, 9.17) is 5.21 Å². The number of fused-ring (bicyclic) bond motifs is 1. The predicted molar refractivity (Wildman–Crippen MR) is 122 cm³/mol. The van der Waals surface area contributed by atoms with Gasteiger partial charge in [0.25, 0.3) is 11.8 Å². The number of benzene rings is 1. The van der Waals surface area contributed by atoms with Crippen molar-refractivity contribution in [1.29, 1.82) is 0 Å². The zero-order chi connectivity index (χ0) is 24.6. The maximum Gasteiger partial charge on any atom is 0.264 e. The number of sulfone groups is 1. The highest BCUT2D eigenvalue weighted by Gasteiger charge is 2.44. The molecule has 9 nitrogen and oxygen atoms in total. The maximum absolute atomic E-state index is 15.1. The minimum atomic E-state index is -3.93. The molecule has 178 valence electrons. The van der Waals surface area contributed by atoms with Crippen molar-refractivity contribution < 1.29 is 27.6 Å². The normalized spacial score (nSPS) is 17.8. The molecule has 2 N–H and O–H groups in total. The van der Waals surface area contributed by atoms with Gasteiger partial charge in [0.1, 0.15) is 12.0 Å². The average molecular weight is 479 g/mol. The van der Waals surface area contributed by atoms with Crippen molar-refractivity contribution in [2.75, 3.05) is 38.3 Å². The lowest BCUT2D eigenvalue weighted by atomic mass is 9.93. The molecule has 0 radical (unpaired) electrons. The van der Waals surface area contributed by atoms with Gasteiger partial charge in [-0.25, -0.2) is 23.3 Å². The highest BCUT2D eigenvalue weighted by molar-refractivity contribution is 7.92. The van der Waals surface area contributed by atoms with Gasteiger partial charge in [0.2, 0.25) is 0 Å². The zero-order valence-electron chi connectivity index (χ0n) is 18.9. The molecule has 3 rings (SSSR count). The summed E-state index contributed by atoms with van der Waals surface area (Å²) in [5, 5.41) is 8.95. The maximum atomic E-state index is 15.1. The smallest absolute Gasteiger partial charge is 0.264 e. The Labute approximate surface area is 192 Å². The summed E-state index contributed by atoms with van der Waals surface area (Å²) >= 11 is 0. The number of hydrogen-bond donors (Lipinski definition) is 2. The Morgan fingerprint density at radius 3 is 2.52 bits per heavy atom. The topological polar surface area (TPSA) is 120 Å². The van der Waals surface area contributed by atoms with Gasteiger partial charge in [0.15, 0.2) is 14.6 Å². The fraction of sp³-hybridized carbons (Fsp3) is 0.409. The van der Waals surface area contributed by atoms with E-state index >= 15 is 4.39 Å². The summed E-state index contributed by atoms with van der Waals surface area (Å²) in [5.74, 6) is -0.779. The van der Waals surface area contributed by atoms with E-state index in [0.29, 0.717) is 0 Å². The molecule has 1 aliphatic rings. The van der Waals surface area contributed by atoms with Crippen molar-refractivity contribution in [1.82, 2.24) is 15.4 Å². The van der Waals surface area contributed by atoms with E-state index < -0.39 is 32.6 Å². The third-order valence-electron chi connectivity index (χ3n) is 6.09. The van der Waals surface area contributed by atoms with Crippen LogP contribution in [0.25, 0.3) is 11.1 Å². The van der Waals surface area contributed by atoms with Gasteiger partial charge in [-0.2, -0.15) is 0 Å². The van der Waals surface area contributed by atoms with E-state index in [-0.39, 0.29) is 30.6 Å². The summed E-state index contributed by atoms with van der Waals surface area (Å²) in [6, 6.07) is 8.59. The Balaban J connectivity index is 1.84. The molecule has 0 spiro atoms. The van der Waals surface area contributed by atoms with E-state index in [1.54, 1.807) is 24.4 Å². The molecule has 2 amide bonds. The molecule has 1 aliphatic heterocycles. The molecular weight excluding hydrogens is 451 g/mol. The quantitative estimate of drug-likeness (QED) is 0.461. The molecule has 2 atom stereocenters. The summed E-state index contributed by atoms with van der Waals surface area (Å²) in [4.78, 5) is 32.4. The standard InChI is InChI=1S/C22H27FN4O5S/c1-22(21(29)25-30,33(4,31)32)9-10-27-13-18(23)17-11-14(5-7-16(17)20(27)28)15-6-8-19(24-12-15)26(2)3/h5-8,11-12,18,30H,9-10,13H2,1-4H3,(H,25,29)/t18?,22-/m1/s1. The second-order valence-electron chi connectivity index (χ2n) is 8.51. The Morgan fingerprint density at radius 1 is 1.30 bits per heavy atom. The van der Waals surface area contributed by atoms with Crippen LogP contribution in [0.2, 0.25) is 0 Å². The van der Waals surface area contributed by atoms with Crippen LogP contribution in [0.3, 0.4) is 0 Å². The van der Waals surface area contributed by atoms with Crippen LogP contribution in [0, 0.1) is 0 Å². The van der Waals surface area contributed by atoms with Gasteiger partial charge in [-0.1, -0.05) is 6.07 Å². The fourth-order valence-electron chi connectivity index (χ4n) is 3.69. The van der Waals surface area contributed by atoms with Crippen LogP contribution >= 0.6 is 0 Å². The van der Waals surface area contributed by atoms with Crippen molar-refractivity contribution >= 4 is 27.5 Å². The number of alkyl halides is 1. The number of hydroxylamine groups is 1. The highest BCUT2D eigenvalue weighted by Crippen LogP contribution is 2.34. The number of hydrogen-bond acceptors (Lipinski definition) is 7. The van der Waals surface area contributed by atoms with Gasteiger partial charge in [0.05, 0.1) is 6.54 Å². The molecule has 0 saturated carbocycles. The first-order valence-electron chi connectivity index (χ1n) is 10.2. The number of rotatable bonds is 7. The summed E-state index contributed by atoms with van der Waals surface area (Å²) < 4.78 is 37.4. The van der Waals surface area contributed by atoms with Gasteiger partial charge in [-0.15, -0.1) is 0 Å². The van der Waals surface area contributed by atoms with E-state index in [1.807, 2.05) is 31.1 Å². The van der Waals surface area contributed by atoms with Crippen molar-refractivity contribution in [3.63, 3.8) is 0 Å². The first-order valence-corrected chi connectivity index (χ1v) is 12.1. The van der Waals surface area contributed by atoms with E-state index in [1.165, 1.54) is 10.4 Å². The van der Waals surface area contributed by atoms with E-state index in [9.17, 15) is 18.0 Å². The molecule has 0 bridgehead atoms. The number of carbonyl (C=O) groups excluding carboxylic acids is 2. The summed E-state index contributed by atoms with van der Waals surface area (Å²) in [7, 11) is -0.174. The Morgan fingerprint density at radius 2 is 1.97 bits per heavy atom. The minimum Gasteiger partial charge on any atom is -0.363 e. The monoisotopic (exact) mass is 478 g/mol. The second-order valence-corrected chi connectivity index (χ2v) is 11.0. The highest BCUT2D eigenvalue weighted by atomic mass is 32.2. The summed E-state index contributed by atoms with van der Waals surface area (Å²) in [6.07, 6.45) is 0.769. The minimum absolute atomic E-state index is 0.173. The lowest BCUT2D eigenvalue weighted by Gasteiger charge is -2.34. The van der Waals surface area contributed by atoms with Crippen molar-refractivity contribution in [2.45, 2.75) is 24.3 Å². The fourth-order valence-corrected chi connectivity index (χ4v) is 4.53. The molecule has 33 heavy (non-hydrogen) atoms. The first kappa shape index (κ1) is 24.6. The lowest BCUT2D eigenvalue weighted by Crippen LogP contribution is -2.51. The molecule has 2 heterocycles. The van der Waals surface area contributed by atoms with Crippen LogP contribution in [-0.2, 0) is 14.6 Å². The van der Waals surface area contributed by atoms with Crippen LogP contribution in [0.1, 0.15) is 35.4 Å². The number of amides is 2. The number of aromatic nitrogens is 1. The van der Waals surface area contributed by atoms with Gasteiger partial charge in [-0.05, 0) is 43.2 Å².